The van der Waals surface area contributed by atoms with Crippen LogP contribution >= 0.6 is 0 Å². The van der Waals surface area contributed by atoms with Crippen LogP contribution in [0.1, 0.15) is 5.56 Å². The van der Waals surface area contributed by atoms with Crippen LogP contribution in [-0.4, -0.2) is 30.1 Å². The lowest BCUT2D eigenvalue weighted by Crippen LogP contribution is -2.61. The maximum atomic E-state index is 14.1. The minimum atomic E-state index is -5.56. The van der Waals surface area contributed by atoms with Gasteiger partial charge in [-0.15, -0.1) is 6.58 Å². The smallest absolute Gasteiger partial charge is 0.309 e. The second-order valence-electron chi connectivity index (χ2n) is 6.00. The van der Waals surface area contributed by atoms with Crippen molar-refractivity contribution in [3.05, 3.63) is 69.4 Å². The standard InChI is InChI=1S/C16H13F3N4O5S/c1-2-8-23-11-10(12(24)21-14(23)26)15(13(25)20-11,16(17,18)19)22-29(27,28)9-6-4-3-5-7-9/h2-7,22H,1,8H2,(H,20,25)(H,21,24,26)/t15-/m1/s1. The first-order chi connectivity index (χ1) is 13.5. The summed E-state index contributed by atoms with van der Waals surface area (Å²) in [7, 11) is -4.90. The van der Waals surface area contributed by atoms with E-state index >= 15 is 0 Å². The van der Waals surface area contributed by atoms with E-state index in [1.807, 2.05) is 5.32 Å². The maximum absolute atomic E-state index is 14.1. The zero-order valence-electron chi connectivity index (χ0n) is 14.4. The molecule has 3 N–H and O–H groups in total. The van der Waals surface area contributed by atoms with E-state index in [0.717, 1.165) is 18.2 Å². The van der Waals surface area contributed by atoms with Crippen LogP contribution in [0.4, 0.5) is 19.0 Å². The number of amides is 1. The fourth-order valence-electron chi connectivity index (χ4n) is 2.95. The SMILES string of the molecule is C=CCn1c2c(c(=O)[nH]c1=O)[C@](NS(=O)(=O)c1ccccc1)(C(F)(F)F)C(=O)N2. The molecule has 0 aliphatic carbocycles. The van der Waals surface area contributed by atoms with Crippen molar-refractivity contribution in [2.45, 2.75) is 23.2 Å². The molecule has 1 aliphatic heterocycles. The van der Waals surface area contributed by atoms with Crippen LogP contribution in [0, 0.1) is 0 Å². The highest BCUT2D eigenvalue weighted by Crippen LogP contribution is 2.45. The van der Waals surface area contributed by atoms with Crippen molar-refractivity contribution < 1.29 is 26.4 Å². The van der Waals surface area contributed by atoms with Crippen LogP contribution in [0.5, 0.6) is 0 Å². The number of aromatic amines is 1. The number of carbonyl (C=O) groups excluding carboxylic acids is 1. The number of benzene rings is 1. The van der Waals surface area contributed by atoms with Gasteiger partial charge in [0.25, 0.3) is 11.5 Å². The molecule has 1 atom stereocenters. The molecule has 0 saturated carbocycles. The van der Waals surface area contributed by atoms with Crippen molar-refractivity contribution in [1.82, 2.24) is 14.3 Å². The van der Waals surface area contributed by atoms with E-state index in [0.29, 0.717) is 4.57 Å². The van der Waals surface area contributed by atoms with Crippen molar-refractivity contribution in [2.24, 2.45) is 0 Å². The molecule has 0 radical (unpaired) electrons. The number of fused-ring (bicyclic) bond motifs is 1. The Morgan fingerprint density at radius 2 is 1.79 bits per heavy atom. The molecule has 3 rings (SSSR count). The van der Waals surface area contributed by atoms with Gasteiger partial charge in [-0.25, -0.2) is 13.2 Å². The van der Waals surface area contributed by atoms with Gasteiger partial charge >= 0.3 is 11.9 Å². The molecule has 9 nitrogen and oxygen atoms in total. The lowest BCUT2D eigenvalue weighted by molar-refractivity contribution is -0.194. The van der Waals surface area contributed by atoms with Gasteiger partial charge in [0.1, 0.15) is 5.82 Å². The van der Waals surface area contributed by atoms with E-state index in [1.165, 1.54) is 22.9 Å². The highest BCUT2D eigenvalue weighted by Gasteiger charge is 2.69. The maximum Gasteiger partial charge on any atom is 0.421 e. The predicted molar refractivity (Wildman–Crippen MR) is 94.6 cm³/mol. The summed E-state index contributed by atoms with van der Waals surface area (Å²) < 4.78 is 69.6. The molecule has 0 fully saturated rings. The number of aromatic nitrogens is 2. The molecule has 2 heterocycles. The number of nitrogens with zero attached hydrogens (tertiary/aromatic N) is 1. The summed E-state index contributed by atoms with van der Waals surface area (Å²) in [5.74, 6) is -2.63. The van der Waals surface area contributed by atoms with Gasteiger partial charge < -0.3 is 5.32 Å². The first kappa shape index (κ1) is 20.5. The zero-order valence-corrected chi connectivity index (χ0v) is 15.2. The Bertz CT molecular complexity index is 1220. The predicted octanol–water partition coefficient (Wildman–Crippen LogP) is 0.411. The Hall–Kier alpha value is -3.19. The highest BCUT2D eigenvalue weighted by atomic mass is 32.2. The summed E-state index contributed by atoms with van der Waals surface area (Å²) in [5, 5.41) is 1.81. The monoisotopic (exact) mass is 430 g/mol. The van der Waals surface area contributed by atoms with Crippen molar-refractivity contribution in [3.63, 3.8) is 0 Å². The molecule has 1 amide bonds. The van der Waals surface area contributed by atoms with Gasteiger partial charge in [0, 0.05) is 6.54 Å². The molecule has 0 bridgehead atoms. The number of sulfonamides is 1. The van der Waals surface area contributed by atoms with Gasteiger partial charge in [-0.05, 0) is 12.1 Å². The van der Waals surface area contributed by atoms with E-state index in [1.54, 1.807) is 4.98 Å². The first-order valence-electron chi connectivity index (χ1n) is 7.91. The zero-order chi connectivity index (χ0) is 21.6. The third-order valence-corrected chi connectivity index (χ3v) is 5.69. The molecule has 1 aliphatic rings. The number of hydrogen-bond acceptors (Lipinski definition) is 5. The molecule has 1 aromatic carbocycles. The summed E-state index contributed by atoms with van der Waals surface area (Å²) in [6.07, 6.45) is -4.42. The fourth-order valence-corrected chi connectivity index (χ4v) is 4.30. The van der Waals surface area contributed by atoms with Crippen LogP contribution in [0.2, 0.25) is 0 Å². The van der Waals surface area contributed by atoms with Crippen molar-refractivity contribution >= 4 is 21.7 Å². The second-order valence-corrected chi connectivity index (χ2v) is 7.69. The molecule has 2 aromatic rings. The minimum absolute atomic E-state index is 0.350. The average Bonchev–Trinajstić information content (AvgIpc) is 2.92. The summed E-state index contributed by atoms with van der Waals surface area (Å²) in [6.45, 7) is 3.00. The molecular weight excluding hydrogens is 417 g/mol. The Balaban J connectivity index is 2.34. The van der Waals surface area contributed by atoms with Gasteiger partial charge in [0.15, 0.2) is 0 Å². The number of H-pyrrole nitrogens is 1. The first-order valence-corrected chi connectivity index (χ1v) is 9.39. The molecule has 29 heavy (non-hydrogen) atoms. The van der Waals surface area contributed by atoms with Crippen LogP contribution in [-0.2, 0) is 26.9 Å². The number of carbonyl (C=O) groups is 1. The van der Waals surface area contributed by atoms with Crippen LogP contribution in [0.3, 0.4) is 0 Å². The van der Waals surface area contributed by atoms with Gasteiger partial charge in [-0.2, -0.15) is 17.9 Å². The van der Waals surface area contributed by atoms with Gasteiger partial charge in [-0.1, -0.05) is 24.3 Å². The minimum Gasteiger partial charge on any atom is -0.309 e. The summed E-state index contributed by atoms with van der Waals surface area (Å²) in [4.78, 5) is 37.8. The molecule has 0 spiro atoms. The number of hydrogen-bond donors (Lipinski definition) is 3. The summed E-state index contributed by atoms with van der Waals surface area (Å²) in [5.41, 5.74) is -7.88. The molecular formula is C16H13F3N4O5S. The number of anilines is 1. The van der Waals surface area contributed by atoms with Crippen molar-refractivity contribution in [1.29, 1.82) is 0 Å². The topological polar surface area (TPSA) is 130 Å². The molecule has 0 saturated heterocycles. The van der Waals surface area contributed by atoms with Crippen LogP contribution < -0.4 is 21.3 Å². The third-order valence-electron chi connectivity index (χ3n) is 4.22. The molecule has 0 unspecified atom stereocenters. The number of halogens is 3. The van der Waals surface area contributed by atoms with E-state index in [4.69, 9.17) is 0 Å². The number of nitrogens with one attached hydrogen (secondary N) is 3. The Morgan fingerprint density at radius 1 is 1.17 bits per heavy atom. The summed E-state index contributed by atoms with van der Waals surface area (Å²) in [6, 6.07) is 6.01. The average molecular weight is 430 g/mol. The fraction of sp³-hybridized carbons (Fsp3) is 0.188. The Morgan fingerprint density at radius 3 is 2.34 bits per heavy atom. The number of alkyl halides is 3. The quantitative estimate of drug-likeness (QED) is 0.592. The Kier molecular flexibility index (Phi) is 4.75. The van der Waals surface area contributed by atoms with Gasteiger partial charge in [0.2, 0.25) is 15.6 Å². The van der Waals surface area contributed by atoms with Gasteiger partial charge in [0.05, 0.1) is 10.5 Å². The number of rotatable bonds is 5. The lowest BCUT2D eigenvalue weighted by Gasteiger charge is -2.29. The molecule has 154 valence electrons. The summed E-state index contributed by atoms with van der Waals surface area (Å²) >= 11 is 0. The van der Waals surface area contributed by atoms with Crippen LogP contribution in [0.15, 0.2) is 57.5 Å². The number of allylic oxidation sites excluding steroid dienone is 1. The van der Waals surface area contributed by atoms with E-state index < -0.39 is 55.2 Å². The van der Waals surface area contributed by atoms with E-state index in [-0.39, 0.29) is 6.54 Å². The normalized spacial score (nSPS) is 18.9. The van der Waals surface area contributed by atoms with Crippen LogP contribution in [0.25, 0.3) is 0 Å². The largest absolute Gasteiger partial charge is 0.421 e. The van der Waals surface area contributed by atoms with E-state index in [2.05, 4.69) is 6.58 Å². The molecule has 1 aromatic heterocycles. The van der Waals surface area contributed by atoms with Crippen molar-refractivity contribution in [2.75, 3.05) is 5.32 Å². The lowest BCUT2D eigenvalue weighted by atomic mass is 9.94. The third kappa shape index (κ3) is 3.07. The highest BCUT2D eigenvalue weighted by molar-refractivity contribution is 7.89. The van der Waals surface area contributed by atoms with Gasteiger partial charge in [-0.3, -0.25) is 19.1 Å². The second kappa shape index (κ2) is 6.70. The molecule has 13 heteroatoms. The Labute approximate surface area is 160 Å². The van der Waals surface area contributed by atoms with E-state index in [9.17, 15) is 36.0 Å². The van der Waals surface area contributed by atoms with Crippen molar-refractivity contribution in [3.8, 4) is 0 Å².